The zero-order chi connectivity index (χ0) is 26.3. The maximum atomic E-state index is 14.0. The molecule has 6 nitrogen and oxygen atoms in total. The van der Waals surface area contributed by atoms with Gasteiger partial charge in [0, 0.05) is 74.5 Å². The molecule has 1 N–H and O–H groups in total. The van der Waals surface area contributed by atoms with E-state index >= 15 is 0 Å². The van der Waals surface area contributed by atoms with Crippen LogP contribution >= 0.6 is 15.9 Å². The molecule has 0 unspecified atom stereocenters. The molecule has 0 atom stereocenters. The molecule has 1 fully saturated rings. The van der Waals surface area contributed by atoms with E-state index < -0.39 is 0 Å². The maximum Gasteiger partial charge on any atom is 0.254 e. The molecule has 0 saturated carbocycles. The summed E-state index contributed by atoms with van der Waals surface area (Å²) in [4.78, 5) is 32.4. The van der Waals surface area contributed by atoms with E-state index in [0.29, 0.717) is 31.6 Å². The smallest absolute Gasteiger partial charge is 0.254 e. The van der Waals surface area contributed by atoms with Crippen LogP contribution in [0.4, 0.5) is 5.69 Å². The summed E-state index contributed by atoms with van der Waals surface area (Å²) in [6.07, 6.45) is 2.55. The normalized spacial score (nSPS) is 17.0. The standard InChI is InChI=1S/C31H35BrN4O2/c32-28-12-13-29-27(20-28)23-36(18-17-34(15-6-14-33-29)21-24-7-2-1-3-8-24)31(38)26-10-4-9-25(19-26)22-35-16-5-11-30(35)37/h1-4,7-10,12-13,19-20,33H,5-6,11,14-18,21-23H2. The highest BCUT2D eigenvalue weighted by atomic mass is 79.9. The lowest BCUT2D eigenvalue weighted by molar-refractivity contribution is -0.128. The van der Waals surface area contributed by atoms with Crippen molar-refractivity contribution in [1.29, 1.82) is 0 Å². The summed E-state index contributed by atoms with van der Waals surface area (Å²) in [5, 5.41) is 3.60. The average Bonchev–Trinajstić information content (AvgIpc) is 3.32. The second-order valence-electron chi connectivity index (χ2n) is 10.2. The fourth-order valence-corrected chi connectivity index (χ4v) is 5.71. The number of benzene rings is 3. The van der Waals surface area contributed by atoms with Gasteiger partial charge in [0.15, 0.2) is 0 Å². The Morgan fingerprint density at radius 1 is 0.842 bits per heavy atom. The van der Waals surface area contributed by atoms with Crippen molar-refractivity contribution in [2.75, 3.05) is 38.0 Å². The van der Waals surface area contributed by atoms with Gasteiger partial charge >= 0.3 is 0 Å². The number of likely N-dealkylation sites (tertiary alicyclic amines) is 1. The molecule has 0 bridgehead atoms. The summed E-state index contributed by atoms with van der Waals surface area (Å²) < 4.78 is 1.00. The Bertz CT molecular complexity index is 1270. The largest absolute Gasteiger partial charge is 0.385 e. The Kier molecular flexibility index (Phi) is 8.76. The first kappa shape index (κ1) is 26.4. The molecule has 5 rings (SSSR count). The molecule has 0 spiro atoms. The molecular weight excluding hydrogens is 540 g/mol. The number of nitrogens with one attached hydrogen (secondary N) is 1. The van der Waals surface area contributed by atoms with Crippen molar-refractivity contribution in [2.24, 2.45) is 0 Å². The van der Waals surface area contributed by atoms with E-state index in [4.69, 9.17) is 0 Å². The Labute approximate surface area is 233 Å². The number of hydrogen-bond acceptors (Lipinski definition) is 4. The van der Waals surface area contributed by atoms with Gasteiger partial charge in [0.2, 0.25) is 5.91 Å². The summed E-state index contributed by atoms with van der Waals surface area (Å²) in [5.41, 5.74) is 5.12. The molecule has 0 aliphatic carbocycles. The van der Waals surface area contributed by atoms with Crippen molar-refractivity contribution in [3.05, 3.63) is 99.5 Å². The first-order valence-electron chi connectivity index (χ1n) is 13.5. The van der Waals surface area contributed by atoms with Crippen LogP contribution < -0.4 is 5.32 Å². The second kappa shape index (κ2) is 12.6. The molecule has 0 aromatic heterocycles. The number of nitrogens with zero attached hydrogens (tertiary/aromatic N) is 3. The van der Waals surface area contributed by atoms with Crippen LogP contribution in [0.5, 0.6) is 0 Å². The minimum Gasteiger partial charge on any atom is -0.385 e. The highest BCUT2D eigenvalue weighted by Crippen LogP contribution is 2.25. The summed E-state index contributed by atoms with van der Waals surface area (Å²) in [6.45, 7) is 6.00. The van der Waals surface area contributed by atoms with Gasteiger partial charge in [0.1, 0.15) is 0 Å². The zero-order valence-corrected chi connectivity index (χ0v) is 23.3. The van der Waals surface area contributed by atoms with Gasteiger partial charge in [-0.3, -0.25) is 14.5 Å². The van der Waals surface area contributed by atoms with Crippen LogP contribution in [0.1, 0.15) is 46.3 Å². The molecule has 198 valence electrons. The Balaban J connectivity index is 1.39. The third-order valence-corrected chi connectivity index (χ3v) is 7.83. The average molecular weight is 576 g/mol. The predicted molar refractivity (Wildman–Crippen MR) is 155 cm³/mol. The summed E-state index contributed by atoms with van der Waals surface area (Å²) >= 11 is 3.62. The zero-order valence-electron chi connectivity index (χ0n) is 21.7. The van der Waals surface area contributed by atoms with Crippen LogP contribution in [-0.4, -0.2) is 59.2 Å². The lowest BCUT2D eigenvalue weighted by Crippen LogP contribution is -2.38. The number of amides is 2. The van der Waals surface area contributed by atoms with Crippen LogP contribution in [0.15, 0.2) is 77.3 Å². The first-order chi connectivity index (χ1) is 18.5. The fourth-order valence-electron chi connectivity index (χ4n) is 5.30. The summed E-state index contributed by atoms with van der Waals surface area (Å²) in [6, 6.07) is 24.6. The van der Waals surface area contributed by atoms with Crippen LogP contribution in [0.25, 0.3) is 0 Å². The van der Waals surface area contributed by atoms with Gasteiger partial charge < -0.3 is 15.1 Å². The number of hydrogen-bond donors (Lipinski definition) is 1. The highest BCUT2D eigenvalue weighted by Gasteiger charge is 2.23. The number of rotatable bonds is 5. The Morgan fingerprint density at radius 2 is 1.68 bits per heavy atom. The molecule has 3 aromatic carbocycles. The fraction of sp³-hybridized carbons (Fsp3) is 0.355. The predicted octanol–water partition coefficient (Wildman–Crippen LogP) is 5.53. The van der Waals surface area contributed by atoms with Crippen LogP contribution in [0.2, 0.25) is 0 Å². The summed E-state index contributed by atoms with van der Waals surface area (Å²) in [5.74, 6) is 0.214. The Morgan fingerprint density at radius 3 is 2.50 bits per heavy atom. The van der Waals surface area contributed by atoms with Crippen molar-refractivity contribution < 1.29 is 9.59 Å². The van der Waals surface area contributed by atoms with Gasteiger partial charge in [0.25, 0.3) is 5.91 Å². The third kappa shape index (κ3) is 6.83. The van der Waals surface area contributed by atoms with E-state index in [2.05, 4.69) is 62.5 Å². The molecule has 0 radical (unpaired) electrons. The molecule has 3 aromatic rings. The summed E-state index contributed by atoms with van der Waals surface area (Å²) in [7, 11) is 0. The molecule has 2 amide bonds. The van der Waals surface area contributed by atoms with E-state index in [0.717, 1.165) is 66.9 Å². The van der Waals surface area contributed by atoms with Gasteiger partial charge in [-0.2, -0.15) is 0 Å². The molecular formula is C31H35BrN4O2. The molecule has 7 heteroatoms. The van der Waals surface area contributed by atoms with Crippen LogP contribution in [-0.2, 0) is 24.4 Å². The molecule has 2 aliphatic heterocycles. The SMILES string of the molecule is O=C1CCCN1Cc1cccc(C(=O)N2CCN(Cc3ccccc3)CCCNc3ccc(Br)cc3C2)c1. The van der Waals surface area contributed by atoms with E-state index in [1.54, 1.807) is 0 Å². The minimum atomic E-state index is 0.0180. The molecule has 1 saturated heterocycles. The van der Waals surface area contributed by atoms with E-state index in [1.807, 2.05) is 46.2 Å². The van der Waals surface area contributed by atoms with Crippen molar-refractivity contribution >= 4 is 33.4 Å². The first-order valence-corrected chi connectivity index (χ1v) is 14.3. The van der Waals surface area contributed by atoms with E-state index in [1.165, 1.54) is 5.56 Å². The van der Waals surface area contributed by atoms with Gasteiger partial charge in [-0.05, 0) is 59.9 Å². The van der Waals surface area contributed by atoms with Crippen molar-refractivity contribution in [3.8, 4) is 0 Å². The number of carbonyl (C=O) groups is 2. The van der Waals surface area contributed by atoms with Crippen molar-refractivity contribution in [3.63, 3.8) is 0 Å². The number of carbonyl (C=O) groups excluding carboxylic acids is 2. The number of anilines is 1. The number of halogens is 1. The van der Waals surface area contributed by atoms with Crippen molar-refractivity contribution in [2.45, 2.75) is 38.9 Å². The lowest BCUT2D eigenvalue weighted by atomic mass is 10.1. The highest BCUT2D eigenvalue weighted by molar-refractivity contribution is 9.10. The molecule has 38 heavy (non-hydrogen) atoms. The monoisotopic (exact) mass is 574 g/mol. The van der Waals surface area contributed by atoms with E-state index in [-0.39, 0.29) is 11.8 Å². The van der Waals surface area contributed by atoms with Gasteiger partial charge in [-0.25, -0.2) is 0 Å². The molecule has 2 heterocycles. The minimum absolute atomic E-state index is 0.0180. The van der Waals surface area contributed by atoms with Crippen LogP contribution in [0.3, 0.4) is 0 Å². The van der Waals surface area contributed by atoms with Gasteiger partial charge in [0.05, 0.1) is 0 Å². The number of fused-ring (bicyclic) bond motifs is 1. The van der Waals surface area contributed by atoms with Crippen molar-refractivity contribution in [1.82, 2.24) is 14.7 Å². The quantitative estimate of drug-likeness (QED) is 0.435. The maximum absolute atomic E-state index is 14.0. The van der Waals surface area contributed by atoms with Crippen LogP contribution in [0, 0.1) is 0 Å². The Hall–Kier alpha value is -3.16. The van der Waals surface area contributed by atoms with E-state index in [9.17, 15) is 9.59 Å². The lowest BCUT2D eigenvalue weighted by Gasteiger charge is -2.28. The topological polar surface area (TPSA) is 55.9 Å². The van der Waals surface area contributed by atoms with Gasteiger partial charge in [-0.15, -0.1) is 0 Å². The molecule has 2 aliphatic rings. The third-order valence-electron chi connectivity index (χ3n) is 7.34. The van der Waals surface area contributed by atoms with Gasteiger partial charge in [-0.1, -0.05) is 58.4 Å². The second-order valence-corrected chi connectivity index (χ2v) is 11.1.